The van der Waals surface area contributed by atoms with Gasteiger partial charge in [0.05, 0.1) is 10.9 Å². The Balaban J connectivity index is 1.90. The van der Waals surface area contributed by atoms with E-state index in [2.05, 4.69) is 26.1 Å². The Bertz CT molecular complexity index is 865. The second kappa shape index (κ2) is 7.37. The summed E-state index contributed by atoms with van der Waals surface area (Å²) < 4.78 is 0.529. The van der Waals surface area contributed by atoms with E-state index in [1.165, 1.54) is 11.8 Å². The zero-order valence-electron chi connectivity index (χ0n) is 15.1. The van der Waals surface area contributed by atoms with E-state index in [1.54, 1.807) is 6.07 Å². The van der Waals surface area contributed by atoms with Crippen LogP contribution in [-0.4, -0.2) is 25.6 Å². The first-order valence-corrected chi connectivity index (χ1v) is 9.90. The summed E-state index contributed by atoms with van der Waals surface area (Å²) in [4.78, 5) is 16.6. The van der Waals surface area contributed by atoms with E-state index in [9.17, 15) is 9.90 Å². The normalized spacial score (nSPS) is 17.4. The van der Waals surface area contributed by atoms with Gasteiger partial charge in [-0.3, -0.25) is 9.78 Å². The number of amides is 1. The van der Waals surface area contributed by atoms with Crippen LogP contribution in [0.15, 0.2) is 36.4 Å². The van der Waals surface area contributed by atoms with E-state index in [1.807, 2.05) is 30.3 Å². The number of thioether (sulfide) groups is 1. The molecule has 2 heterocycles. The molecule has 0 saturated carbocycles. The second-order valence-electron chi connectivity index (χ2n) is 7.07. The van der Waals surface area contributed by atoms with Gasteiger partial charge in [-0.25, -0.2) is 0 Å². The third-order valence-corrected chi connectivity index (χ3v) is 6.25. The molecule has 2 N–H and O–H groups in total. The molecule has 0 radical (unpaired) electrons. The van der Waals surface area contributed by atoms with E-state index < -0.39 is 0 Å². The highest BCUT2D eigenvalue weighted by molar-refractivity contribution is 8.24. The predicted octanol–water partition coefficient (Wildman–Crippen LogP) is 4.20. The molecule has 1 unspecified atom stereocenters. The zero-order valence-corrected chi connectivity index (χ0v) is 16.7. The number of hydrogen-bond acceptors (Lipinski definition) is 5. The van der Waals surface area contributed by atoms with E-state index >= 15 is 0 Å². The van der Waals surface area contributed by atoms with Crippen molar-refractivity contribution in [3.05, 3.63) is 47.7 Å². The molecule has 0 spiro atoms. The van der Waals surface area contributed by atoms with Gasteiger partial charge in [-0.1, -0.05) is 50.8 Å². The van der Waals surface area contributed by atoms with Gasteiger partial charge in [0.2, 0.25) is 5.91 Å². The fraction of sp³-hybridized carbons (Fsp3) is 0.350. The maximum atomic E-state index is 11.9. The molecule has 2 aromatic rings. The Morgan fingerprint density at radius 1 is 1.31 bits per heavy atom. The average Bonchev–Trinajstić information content (AvgIpc) is 2.92. The van der Waals surface area contributed by atoms with Crippen LogP contribution in [0.25, 0.3) is 11.3 Å². The largest absolute Gasteiger partial charge is 0.508 e. The van der Waals surface area contributed by atoms with Gasteiger partial charge >= 0.3 is 0 Å². The number of phenolic OH excluding ortho intramolecular Hbond substituents is 1. The monoisotopic (exact) mass is 386 g/mol. The minimum Gasteiger partial charge on any atom is -0.508 e. The van der Waals surface area contributed by atoms with Gasteiger partial charge in [-0.2, -0.15) is 0 Å². The maximum absolute atomic E-state index is 11.9. The second-order valence-corrected chi connectivity index (χ2v) is 8.95. The smallest absolute Gasteiger partial charge is 0.239 e. The lowest BCUT2D eigenvalue weighted by Crippen LogP contribution is -2.25. The number of hydrogen-bond donors (Lipinski definition) is 2. The number of benzene rings is 1. The molecule has 1 atom stereocenters. The van der Waals surface area contributed by atoms with Crippen molar-refractivity contribution < 1.29 is 9.90 Å². The number of phenols is 1. The third-order valence-electron chi connectivity index (χ3n) is 4.87. The van der Waals surface area contributed by atoms with Gasteiger partial charge in [0.1, 0.15) is 10.1 Å². The first-order valence-electron chi connectivity index (χ1n) is 8.61. The van der Waals surface area contributed by atoms with Gasteiger partial charge in [-0.05, 0) is 42.2 Å². The SMILES string of the molecule is CCC(C)(C)c1cc(-c2cccc(CC3SC(=S)NC3=O)n2)ccc1O. The highest BCUT2D eigenvalue weighted by Gasteiger charge is 2.29. The maximum Gasteiger partial charge on any atom is 0.239 e. The molecule has 136 valence electrons. The Morgan fingerprint density at radius 2 is 2.08 bits per heavy atom. The molecule has 1 fully saturated rings. The lowest BCUT2D eigenvalue weighted by Gasteiger charge is -2.25. The molecule has 1 aromatic heterocycles. The molecule has 1 aromatic carbocycles. The number of nitrogens with one attached hydrogen (secondary N) is 1. The predicted molar refractivity (Wildman–Crippen MR) is 110 cm³/mol. The molecule has 1 amide bonds. The number of pyridine rings is 1. The van der Waals surface area contributed by atoms with Crippen LogP contribution in [0.2, 0.25) is 0 Å². The fourth-order valence-corrected chi connectivity index (χ4v) is 4.19. The molecule has 0 aliphatic carbocycles. The molecule has 3 rings (SSSR count). The topological polar surface area (TPSA) is 62.2 Å². The van der Waals surface area contributed by atoms with Crippen molar-refractivity contribution in [3.8, 4) is 17.0 Å². The van der Waals surface area contributed by atoms with E-state index in [-0.39, 0.29) is 16.6 Å². The quantitative estimate of drug-likeness (QED) is 0.754. The number of thiocarbonyl (C=S) groups is 1. The number of carbonyl (C=O) groups excluding carboxylic acids is 1. The number of rotatable bonds is 5. The van der Waals surface area contributed by atoms with E-state index in [4.69, 9.17) is 17.2 Å². The van der Waals surface area contributed by atoms with Crippen LogP contribution in [0.1, 0.15) is 38.4 Å². The molecule has 1 saturated heterocycles. The molecular weight excluding hydrogens is 364 g/mol. The summed E-state index contributed by atoms with van der Waals surface area (Å²) in [6.45, 7) is 6.35. The minimum atomic E-state index is -0.223. The summed E-state index contributed by atoms with van der Waals surface area (Å²) in [6.07, 6.45) is 1.46. The van der Waals surface area contributed by atoms with Crippen LogP contribution in [-0.2, 0) is 16.6 Å². The molecule has 4 nitrogen and oxygen atoms in total. The standard InChI is InChI=1S/C20H22N2O2S2/c1-4-20(2,3)14-10-12(8-9-16(14)23)15-7-5-6-13(21-15)11-17-18(24)22-19(25)26-17/h5-10,17,23H,4,11H2,1-3H3,(H,22,24,25). The first-order chi connectivity index (χ1) is 12.3. The van der Waals surface area contributed by atoms with Gasteiger partial charge in [0, 0.05) is 23.2 Å². The van der Waals surface area contributed by atoms with Gasteiger partial charge in [-0.15, -0.1) is 0 Å². The van der Waals surface area contributed by atoms with Crippen molar-refractivity contribution in [2.45, 2.75) is 44.3 Å². The molecule has 1 aliphatic heterocycles. The summed E-state index contributed by atoms with van der Waals surface area (Å²) >= 11 is 6.43. The lowest BCUT2D eigenvalue weighted by molar-refractivity contribution is -0.118. The third kappa shape index (κ3) is 3.91. The van der Waals surface area contributed by atoms with Crippen LogP contribution in [0.4, 0.5) is 0 Å². The van der Waals surface area contributed by atoms with Crippen molar-refractivity contribution in [2.24, 2.45) is 0 Å². The van der Waals surface area contributed by atoms with E-state index in [0.717, 1.165) is 28.9 Å². The Kier molecular flexibility index (Phi) is 5.34. The summed E-state index contributed by atoms with van der Waals surface area (Å²) in [5.41, 5.74) is 3.44. The average molecular weight is 387 g/mol. The number of aromatic hydroxyl groups is 1. The van der Waals surface area contributed by atoms with Gasteiger partial charge < -0.3 is 10.4 Å². The van der Waals surface area contributed by atoms with E-state index in [0.29, 0.717) is 16.5 Å². The molecule has 0 bridgehead atoms. The molecule has 26 heavy (non-hydrogen) atoms. The van der Waals surface area contributed by atoms with Crippen LogP contribution in [0, 0.1) is 0 Å². The van der Waals surface area contributed by atoms with Crippen LogP contribution in [0.3, 0.4) is 0 Å². The minimum absolute atomic E-state index is 0.0520. The Hall–Kier alpha value is -1.92. The summed E-state index contributed by atoms with van der Waals surface area (Å²) in [6, 6.07) is 11.4. The summed E-state index contributed by atoms with van der Waals surface area (Å²) in [5, 5.41) is 12.7. The Labute approximate surface area is 163 Å². The van der Waals surface area contributed by atoms with Crippen molar-refractivity contribution in [3.63, 3.8) is 0 Å². The first kappa shape index (κ1) is 18.9. The fourth-order valence-electron chi connectivity index (χ4n) is 2.90. The number of nitrogens with zero attached hydrogens (tertiary/aromatic N) is 1. The van der Waals surface area contributed by atoms with Crippen LogP contribution < -0.4 is 5.32 Å². The lowest BCUT2D eigenvalue weighted by atomic mass is 9.81. The van der Waals surface area contributed by atoms with Crippen molar-refractivity contribution >= 4 is 34.2 Å². The summed E-state index contributed by atoms with van der Waals surface area (Å²) in [7, 11) is 0. The van der Waals surface area contributed by atoms with Gasteiger partial charge in [0.15, 0.2) is 0 Å². The van der Waals surface area contributed by atoms with Crippen molar-refractivity contribution in [2.75, 3.05) is 0 Å². The van der Waals surface area contributed by atoms with Crippen molar-refractivity contribution in [1.29, 1.82) is 0 Å². The Morgan fingerprint density at radius 3 is 2.73 bits per heavy atom. The zero-order chi connectivity index (χ0) is 18.9. The van der Waals surface area contributed by atoms with Gasteiger partial charge in [0.25, 0.3) is 0 Å². The van der Waals surface area contributed by atoms with Crippen molar-refractivity contribution in [1.82, 2.24) is 10.3 Å². The molecule has 1 aliphatic rings. The summed E-state index contributed by atoms with van der Waals surface area (Å²) in [5.74, 6) is 0.258. The number of carbonyl (C=O) groups is 1. The highest BCUT2D eigenvalue weighted by atomic mass is 32.2. The molecular formula is C20H22N2O2S2. The number of aromatic nitrogens is 1. The van der Waals surface area contributed by atoms with Crippen LogP contribution >= 0.6 is 24.0 Å². The van der Waals surface area contributed by atoms with Crippen LogP contribution in [0.5, 0.6) is 5.75 Å². The molecule has 6 heteroatoms. The highest BCUT2D eigenvalue weighted by Crippen LogP contribution is 2.36.